The van der Waals surface area contributed by atoms with Crippen LogP contribution in [-0.4, -0.2) is 0 Å². The summed E-state index contributed by atoms with van der Waals surface area (Å²) in [6, 6.07) is 18.3. The van der Waals surface area contributed by atoms with Crippen molar-refractivity contribution in [2.75, 3.05) is 0 Å². The van der Waals surface area contributed by atoms with Crippen LogP contribution in [0.4, 0.5) is 0 Å². The van der Waals surface area contributed by atoms with E-state index in [1.165, 1.54) is 0 Å². The van der Waals surface area contributed by atoms with Crippen LogP contribution in [0.2, 0.25) is 0 Å². The van der Waals surface area contributed by atoms with Crippen molar-refractivity contribution in [3.8, 4) is 44.5 Å². The van der Waals surface area contributed by atoms with Crippen LogP contribution in [0.1, 0.15) is 19.2 Å². The summed E-state index contributed by atoms with van der Waals surface area (Å²) in [5.74, 6) is 0. The minimum Gasteiger partial charge on any atom is -0.456 e. The van der Waals surface area contributed by atoms with E-state index in [2.05, 4.69) is 0 Å². The maximum absolute atomic E-state index is 9.31. The fraction of sp³-hybridized carbons (Fsp3) is 0. The lowest BCUT2D eigenvalue weighted by molar-refractivity contribution is 0.669. The molecule has 0 amide bonds. The van der Waals surface area contributed by atoms with E-state index in [4.69, 9.17) is 20.9 Å². The Hall–Kier alpha value is -5.92. The highest BCUT2D eigenvalue weighted by Gasteiger charge is 2.19. The van der Waals surface area contributed by atoms with Crippen LogP contribution < -0.4 is 0 Å². The summed E-state index contributed by atoms with van der Waals surface area (Å²) in [6.07, 6.45) is 0. The van der Waals surface area contributed by atoms with Gasteiger partial charge in [-0.3, -0.25) is 0 Å². The van der Waals surface area contributed by atoms with E-state index in [1.807, 2.05) is 54.6 Å². The van der Waals surface area contributed by atoms with Crippen LogP contribution in [0.25, 0.3) is 88.0 Å². The van der Waals surface area contributed by atoms with Gasteiger partial charge in [-0.1, -0.05) is 151 Å². The highest BCUT2D eigenvalue weighted by atomic mass is 16.3. The summed E-state index contributed by atoms with van der Waals surface area (Å²) in [4.78, 5) is 0. The van der Waals surface area contributed by atoms with E-state index in [1.54, 1.807) is 30.3 Å². The van der Waals surface area contributed by atoms with Crippen molar-refractivity contribution in [3.05, 3.63) is 170 Å². The number of rotatable bonds is 4. The topological polar surface area (TPSA) is 13.1 Å². The molecule has 0 saturated heterocycles. The molecule has 1 aromatic heterocycles. The maximum atomic E-state index is 9.31. The smallest absolute Gasteiger partial charge is 0.136 e. The molecule has 0 spiro atoms. The summed E-state index contributed by atoms with van der Waals surface area (Å²) in [5, 5.41) is 3.84. The zero-order valence-corrected chi connectivity index (χ0v) is 23.5. The minimum absolute atomic E-state index is 0.0189. The molecule has 1 heteroatoms. The first-order valence-corrected chi connectivity index (χ1v) is 14.3. The second-order valence-electron chi connectivity index (χ2n) is 10.6. The zero-order chi connectivity index (χ0) is 41.9. The molecule has 0 bridgehead atoms. The summed E-state index contributed by atoms with van der Waals surface area (Å²) >= 11 is 0. The first-order chi connectivity index (χ1) is 28.1. The summed E-state index contributed by atoms with van der Waals surface area (Å²) < 4.78 is 127. The zero-order valence-electron chi connectivity index (χ0n) is 37.5. The molecule has 0 aliphatic rings. The largest absolute Gasteiger partial charge is 0.456 e. The molecule has 0 fully saturated rings. The molecule has 0 atom stereocenters. The van der Waals surface area contributed by atoms with Crippen LogP contribution in [-0.2, 0) is 0 Å². The highest BCUT2D eigenvalue weighted by Crippen LogP contribution is 2.45. The molecule has 1 nitrogen and oxygen atoms in total. The van der Waals surface area contributed by atoms with Gasteiger partial charge in [-0.2, -0.15) is 0 Å². The monoisotopic (exact) mass is 586 g/mol. The first kappa shape index (κ1) is 15.2. The molecule has 9 aromatic rings. The van der Waals surface area contributed by atoms with Gasteiger partial charge in [-0.15, -0.1) is 0 Å². The SMILES string of the molecule is [2H]c1c([2H])c([2H])c(-c2c([2H])c([2H])c(-c3c4ccccc4c(-c4ccc5oc6cccc(-c7c([2H])c([2H])c([2H])c([2H])c7[2H])c6c5c4)c4ccccc34)c([2H])c2[2H])c([2H])c1[2H]. The Kier molecular flexibility index (Phi) is 3.50. The van der Waals surface area contributed by atoms with Gasteiger partial charge in [-0.05, 0) is 84.3 Å². The number of fused-ring (bicyclic) bond motifs is 5. The molecular formula is C44H28O. The molecule has 0 N–H and O–H groups in total. The molecule has 45 heavy (non-hydrogen) atoms. The Bertz CT molecular complexity index is 3190. The Morgan fingerprint density at radius 1 is 0.378 bits per heavy atom. The molecule has 0 aliphatic carbocycles. The van der Waals surface area contributed by atoms with Gasteiger partial charge in [-0.25, -0.2) is 0 Å². The van der Waals surface area contributed by atoms with E-state index in [-0.39, 0.29) is 23.2 Å². The number of hydrogen-bond donors (Lipinski definition) is 0. The third-order valence-electron chi connectivity index (χ3n) is 8.11. The van der Waals surface area contributed by atoms with Crippen molar-refractivity contribution in [2.45, 2.75) is 0 Å². The quantitative estimate of drug-likeness (QED) is 0.187. The van der Waals surface area contributed by atoms with Gasteiger partial charge >= 0.3 is 0 Å². The molecule has 0 aliphatic heterocycles. The van der Waals surface area contributed by atoms with E-state index >= 15 is 0 Å². The molecule has 0 saturated carbocycles. The molecular weight excluding hydrogens is 544 g/mol. The van der Waals surface area contributed by atoms with E-state index < -0.39 is 83.6 Å². The van der Waals surface area contributed by atoms with Crippen LogP contribution in [0.15, 0.2) is 174 Å². The van der Waals surface area contributed by atoms with Crippen LogP contribution in [0.5, 0.6) is 0 Å². The van der Waals surface area contributed by atoms with Crippen molar-refractivity contribution < 1.29 is 23.6 Å². The van der Waals surface area contributed by atoms with Gasteiger partial charge in [0, 0.05) is 10.8 Å². The summed E-state index contributed by atoms with van der Waals surface area (Å²) in [7, 11) is 0. The van der Waals surface area contributed by atoms with Crippen molar-refractivity contribution in [1.82, 2.24) is 0 Å². The average molecular weight is 587 g/mol. The normalized spacial score (nSPS) is 15.9. The maximum Gasteiger partial charge on any atom is 0.136 e. The Balaban J connectivity index is 1.34. The number of hydrogen-bond acceptors (Lipinski definition) is 1. The third-order valence-corrected chi connectivity index (χ3v) is 8.11. The molecule has 210 valence electrons. The van der Waals surface area contributed by atoms with Gasteiger partial charge in [0.05, 0.1) is 19.2 Å². The number of furan rings is 1. The first-order valence-electron chi connectivity index (χ1n) is 21.3. The Morgan fingerprint density at radius 2 is 0.911 bits per heavy atom. The highest BCUT2D eigenvalue weighted by molar-refractivity contribution is 6.22. The second kappa shape index (κ2) is 10.4. The van der Waals surface area contributed by atoms with Gasteiger partial charge in [0.2, 0.25) is 0 Å². The second-order valence-corrected chi connectivity index (χ2v) is 10.6. The van der Waals surface area contributed by atoms with Crippen molar-refractivity contribution in [1.29, 1.82) is 0 Å². The Morgan fingerprint density at radius 3 is 1.53 bits per heavy atom. The predicted molar refractivity (Wildman–Crippen MR) is 190 cm³/mol. The van der Waals surface area contributed by atoms with Gasteiger partial charge in [0.15, 0.2) is 0 Å². The molecule has 0 radical (unpaired) electrons. The third kappa shape index (κ3) is 4.17. The standard InChI is InChI=1S/C44H28O/c1-3-12-29(13-4-1)30-22-24-32(25-23-30)42-35-16-7-9-18-37(35)43(38-19-10-8-17-36(38)42)33-26-27-40-39(28-33)44-34(20-11-21-41(44)45-40)31-14-5-2-6-15-31/h1-28H/i1D,2D,3D,4D,5D,6D,12D,13D,14D,15D,22D,23D,24D,25D. The fourth-order valence-electron chi connectivity index (χ4n) is 6.22. The fourth-order valence-corrected chi connectivity index (χ4v) is 6.22. The summed E-state index contributed by atoms with van der Waals surface area (Å²) in [5.41, 5.74) is 2.55. The van der Waals surface area contributed by atoms with Gasteiger partial charge in [0.25, 0.3) is 0 Å². The van der Waals surface area contributed by atoms with Crippen LogP contribution >= 0.6 is 0 Å². The van der Waals surface area contributed by atoms with Crippen LogP contribution in [0.3, 0.4) is 0 Å². The summed E-state index contributed by atoms with van der Waals surface area (Å²) in [6.45, 7) is 0. The number of benzene rings is 8. The predicted octanol–water partition coefficient (Wildman–Crippen LogP) is 12.6. The average Bonchev–Trinajstić information content (AvgIpc) is 3.62. The molecule has 0 unspecified atom stereocenters. The van der Waals surface area contributed by atoms with E-state index in [0.29, 0.717) is 54.6 Å². The Labute approximate surface area is 281 Å². The van der Waals surface area contributed by atoms with E-state index in [9.17, 15) is 2.74 Å². The van der Waals surface area contributed by atoms with Crippen LogP contribution in [0, 0.1) is 0 Å². The van der Waals surface area contributed by atoms with Crippen molar-refractivity contribution in [3.63, 3.8) is 0 Å². The van der Waals surface area contributed by atoms with Crippen molar-refractivity contribution >= 4 is 43.5 Å². The van der Waals surface area contributed by atoms with Gasteiger partial charge < -0.3 is 4.42 Å². The lowest BCUT2D eigenvalue weighted by atomic mass is 9.85. The molecule has 8 aromatic carbocycles. The van der Waals surface area contributed by atoms with Gasteiger partial charge in [0.1, 0.15) is 11.2 Å². The lowest BCUT2D eigenvalue weighted by Crippen LogP contribution is -1.91. The lowest BCUT2D eigenvalue weighted by Gasteiger charge is -2.18. The molecule has 1 heterocycles. The van der Waals surface area contributed by atoms with Crippen molar-refractivity contribution in [2.24, 2.45) is 0 Å². The minimum atomic E-state index is -0.651. The van der Waals surface area contributed by atoms with E-state index in [0.717, 1.165) is 11.1 Å². The molecule has 9 rings (SSSR count).